The van der Waals surface area contributed by atoms with Gasteiger partial charge in [0.1, 0.15) is 0 Å². The van der Waals surface area contributed by atoms with Gasteiger partial charge >= 0.3 is 46.9 Å². The van der Waals surface area contributed by atoms with Gasteiger partial charge in [0.25, 0.3) is 0 Å². The van der Waals surface area contributed by atoms with Crippen molar-refractivity contribution in [2.45, 2.75) is 16.5 Å². The van der Waals surface area contributed by atoms with E-state index in [1.807, 2.05) is 0 Å². The summed E-state index contributed by atoms with van der Waals surface area (Å²) in [5.74, 6) is 0. The molecule has 0 aliphatic rings. The Morgan fingerprint density at radius 1 is 0.353 bits per heavy atom. The maximum absolute atomic E-state index is 10.7. The molecule has 0 fully saturated rings. The summed E-state index contributed by atoms with van der Waals surface area (Å²) in [6, 6.07) is 0. The Balaban J connectivity index is -0.0000000154. The van der Waals surface area contributed by atoms with E-state index in [1.54, 1.807) is 0 Å². The summed E-state index contributed by atoms with van der Waals surface area (Å²) >= 11 is 0. The minimum absolute atomic E-state index is 0. The number of rotatable bonds is 0. The fourth-order valence-corrected chi connectivity index (χ4v) is 0. The van der Waals surface area contributed by atoms with Crippen LogP contribution in [0.1, 0.15) is 0 Å². The predicted octanol–water partition coefficient (Wildman–Crippen LogP) is -6.24. The molecule has 0 atom stereocenters. The first-order chi connectivity index (χ1) is 9.75. The van der Waals surface area contributed by atoms with Gasteiger partial charge in [0.05, 0.1) is 0 Å². The molecular formula is C3H21F9O18S3Yb. The van der Waals surface area contributed by atoms with Crippen molar-refractivity contribution in [2.24, 2.45) is 0 Å². The van der Waals surface area contributed by atoms with E-state index in [0.29, 0.717) is 0 Å². The maximum atomic E-state index is 10.7. The van der Waals surface area contributed by atoms with Crippen LogP contribution in [0, 0.1) is 46.9 Å². The van der Waals surface area contributed by atoms with Crippen molar-refractivity contribution in [1.29, 1.82) is 0 Å². The van der Waals surface area contributed by atoms with Crippen molar-refractivity contribution in [1.82, 2.24) is 0 Å². The molecule has 0 spiro atoms. The van der Waals surface area contributed by atoms with Crippen molar-refractivity contribution in [3.05, 3.63) is 0 Å². The molecule has 0 aromatic carbocycles. The third kappa shape index (κ3) is 42.4. The zero-order valence-corrected chi connectivity index (χ0v) is 18.8. The molecule has 0 saturated heterocycles. The van der Waals surface area contributed by atoms with E-state index in [9.17, 15) is 39.5 Å². The van der Waals surface area contributed by atoms with Gasteiger partial charge in [-0.1, -0.05) is 0 Å². The van der Waals surface area contributed by atoms with Crippen molar-refractivity contribution >= 4 is 30.4 Å². The van der Waals surface area contributed by atoms with Crippen molar-refractivity contribution in [3.8, 4) is 0 Å². The molecule has 236 valence electrons. The van der Waals surface area contributed by atoms with Gasteiger partial charge in [0.15, 0.2) is 0 Å². The van der Waals surface area contributed by atoms with Gasteiger partial charge in [-0.3, -0.25) is 13.7 Å². The van der Waals surface area contributed by atoms with Crippen molar-refractivity contribution < 1.29 is 175 Å². The van der Waals surface area contributed by atoms with Gasteiger partial charge in [-0.25, -0.2) is 0 Å². The second-order valence-electron chi connectivity index (χ2n) is 2.76. The Labute approximate surface area is 220 Å². The van der Waals surface area contributed by atoms with Gasteiger partial charge in [-0.05, 0) is 0 Å². The van der Waals surface area contributed by atoms with Crippen LogP contribution in [0.15, 0.2) is 0 Å². The van der Waals surface area contributed by atoms with Crippen molar-refractivity contribution in [3.63, 3.8) is 0 Å². The smallest absolute Gasteiger partial charge is 0.412 e. The van der Waals surface area contributed by atoms with Crippen LogP contribution in [-0.2, 0) is 30.4 Å². The largest absolute Gasteiger partial charge is 0.522 e. The molecule has 0 saturated carbocycles. The normalized spacial score (nSPS) is 9.88. The maximum Gasteiger partial charge on any atom is 0.522 e. The Morgan fingerprint density at radius 3 is 0.382 bits per heavy atom. The molecule has 0 unspecified atom stereocenters. The van der Waals surface area contributed by atoms with E-state index in [1.165, 1.54) is 0 Å². The zero-order chi connectivity index (χ0) is 21.0. The molecule has 0 rings (SSSR count). The van der Waals surface area contributed by atoms with E-state index < -0.39 is 46.9 Å². The Morgan fingerprint density at radius 2 is 0.382 bits per heavy atom. The van der Waals surface area contributed by atoms with E-state index >= 15 is 0 Å². The molecule has 31 heteroatoms. The molecule has 0 bridgehead atoms. The molecule has 0 aliphatic carbocycles. The minimum atomic E-state index is -5.84. The Hall–Kier alpha value is 0.259. The average molecular weight is 785 g/mol. The van der Waals surface area contributed by atoms with Gasteiger partial charge in [0.2, 0.25) is 0 Å². The van der Waals surface area contributed by atoms with Crippen LogP contribution >= 0.6 is 0 Å². The first-order valence-electron chi connectivity index (χ1n) is 3.86. The standard InChI is InChI=1S/3CHF3O3S.9H2O.Yb/c3*2-1(3,4)8(5,6)7;;;;;;;;;;/h3*(H,5,6,7);9*1H2;. The summed E-state index contributed by atoms with van der Waals surface area (Å²) in [5, 5.41) is 0. The van der Waals surface area contributed by atoms with Gasteiger partial charge in [0, 0.05) is 46.9 Å². The molecule has 0 aromatic rings. The second-order valence-corrected chi connectivity index (χ2v) is 7.00. The Kier molecular flexibility index (Phi) is 64.9. The molecule has 0 aromatic heterocycles. The molecule has 0 radical (unpaired) electrons. The average Bonchev–Trinajstić information content (AvgIpc) is 2.08. The van der Waals surface area contributed by atoms with Crippen LogP contribution in [0.4, 0.5) is 39.5 Å². The minimum Gasteiger partial charge on any atom is -0.412 e. The number of halogens is 9. The zero-order valence-electron chi connectivity index (χ0n) is 14.7. The number of hydrogen-bond acceptors (Lipinski definition) is 6. The summed E-state index contributed by atoms with van der Waals surface area (Å²) in [6.45, 7) is 0. The van der Waals surface area contributed by atoms with Gasteiger partial charge in [-0.15, -0.1) is 0 Å². The van der Waals surface area contributed by atoms with Crippen LogP contribution in [0.3, 0.4) is 0 Å². The summed E-state index contributed by atoms with van der Waals surface area (Å²) in [6.07, 6.45) is 0. The van der Waals surface area contributed by atoms with Crippen LogP contribution < -0.4 is 0 Å². The SMILES string of the molecule is O.O.O.O.O.O.O.O.O.O=S(=O)(O)C(F)(F)F.O=S(=O)(O)C(F)(F)F.O=S(=O)(O)C(F)(F)F.[Yb]. The quantitative estimate of drug-likeness (QED) is 0.119. The summed E-state index contributed by atoms with van der Waals surface area (Å²) < 4.78 is 173. The summed E-state index contributed by atoms with van der Waals surface area (Å²) in [5.41, 5.74) is -16.6. The third-order valence-electron chi connectivity index (χ3n) is 0.877. The first kappa shape index (κ1) is 83.9. The molecule has 34 heavy (non-hydrogen) atoms. The topological polar surface area (TPSA) is 447 Å². The van der Waals surface area contributed by atoms with E-state index in [-0.39, 0.29) is 96.2 Å². The monoisotopic (exact) mass is 786 g/mol. The van der Waals surface area contributed by atoms with E-state index in [2.05, 4.69) is 0 Å². The third-order valence-corrected chi connectivity index (χ3v) is 2.63. The second kappa shape index (κ2) is 26.3. The fourth-order valence-electron chi connectivity index (χ4n) is 0. The molecule has 0 heterocycles. The van der Waals surface area contributed by atoms with Crippen LogP contribution in [-0.4, -0.2) is 105 Å². The van der Waals surface area contributed by atoms with Crippen LogP contribution in [0.25, 0.3) is 0 Å². The molecular weight excluding hydrogens is 764 g/mol. The van der Waals surface area contributed by atoms with Crippen molar-refractivity contribution in [2.75, 3.05) is 0 Å². The van der Waals surface area contributed by atoms with Crippen LogP contribution in [0.2, 0.25) is 0 Å². The summed E-state index contributed by atoms with van der Waals surface area (Å²) in [7, 11) is -17.5. The number of hydrogen-bond donors (Lipinski definition) is 3. The number of alkyl halides is 9. The fraction of sp³-hybridized carbons (Fsp3) is 1.00. The molecule has 0 amide bonds. The first-order valence-corrected chi connectivity index (χ1v) is 8.18. The van der Waals surface area contributed by atoms with Gasteiger partial charge in [-0.2, -0.15) is 64.8 Å². The molecule has 21 N–H and O–H groups in total. The van der Waals surface area contributed by atoms with Crippen LogP contribution in [0.5, 0.6) is 0 Å². The predicted molar refractivity (Wildman–Crippen MR) is 85.3 cm³/mol. The van der Waals surface area contributed by atoms with Gasteiger partial charge < -0.3 is 49.3 Å². The molecule has 18 nitrogen and oxygen atoms in total. The van der Waals surface area contributed by atoms with E-state index in [0.717, 1.165) is 0 Å². The molecule has 0 aliphatic heterocycles. The Bertz CT molecular complexity index is 607. The van der Waals surface area contributed by atoms with E-state index in [4.69, 9.17) is 38.9 Å². The summed E-state index contributed by atoms with van der Waals surface area (Å²) in [4.78, 5) is 0.